The summed E-state index contributed by atoms with van der Waals surface area (Å²) in [7, 11) is 1.64. The van der Waals surface area contributed by atoms with Crippen LogP contribution in [0.2, 0.25) is 0 Å². The second-order valence-electron chi connectivity index (χ2n) is 6.18. The Labute approximate surface area is 125 Å². The zero-order valence-electron chi connectivity index (χ0n) is 13.0. The number of hydrogen-bond donors (Lipinski definition) is 1. The second-order valence-corrected chi connectivity index (χ2v) is 6.18. The van der Waals surface area contributed by atoms with Gasteiger partial charge in [-0.3, -0.25) is 0 Å². The highest BCUT2D eigenvalue weighted by Gasteiger charge is 2.24. The Morgan fingerprint density at radius 1 is 1.29 bits per heavy atom. The molecule has 2 rings (SSSR count). The van der Waals surface area contributed by atoms with Gasteiger partial charge in [-0.1, -0.05) is 44.1 Å². The average Bonchev–Trinajstić information content (AvgIpc) is 2.85. The number of methoxy groups -OCH3 is 1. The van der Waals surface area contributed by atoms with Gasteiger partial charge in [-0.2, -0.15) is 4.98 Å². The van der Waals surface area contributed by atoms with E-state index in [2.05, 4.69) is 10.1 Å². The van der Waals surface area contributed by atoms with Gasteiger partial charge < -0.3 is 14.4 Å². The van der Waals surface area contributed by atoms with E-state index < -0.39 is 6.10 Å². The number of ether oxygens (including phenoxy) is 1. The zero-order chi connectivity index (χ0) is 15.5. The van der Waals surface area contributed by atoms with Crippen LogP contribution in [0.25, 0.3) is 0 Å². The normalized spacial score (nSPS) is 13.2. The first-order chi connectivity index (χ1) is 9.90. The van der Waals surface area contributed by atoms with Crippen LogP contribution in [-0.2, 0) is 12.8 Å². The fourth-order valence-corrected chi connectivity index (χ4v) is 1.94. The quantitative estimate of drug-likeness (QED) is 0.916. The lowest BCUT2D eigenvalue weighted by atomic mass is 9.87. The molecule has 2 aromatic rings. The van der Waals surface area contributed by atoms with E-state index in [0.717, 1.165) is 11.3 Å². The summed E-state index contributed by atoms with van der Waals surface area (Å²) in [6, 6.07) is 7.74. The molecule has 0 saturated carbocycles. The lowest BCUT2D eigenvalue weighted by Gasteiger charge is -2.24. The number of para-hydroxylation sites is 1. The van der Waals surface area contributed by atoms with Crippen molar-refractivity contribution < 1.29 is 14.4 Å². The van der Waals surface area contributed by atoms with Crippen LogP contribution in [0.15, 0.2) is 28.8 Å². The van der Waals surface area contributed by atoms with Crippen molar-refractivity contribution in [2.45, 2.75) is 39.7 Å². The van der Waals surface area contributed by atoms with Gasteiger partial charge in [-0.15, -0.1) is 0 Å². The molecule has 5 nitrogen and oxygen atoms in total. The monoisotopic (exact) mass is 290 g/mol. The average molecular weight is 290 g/mol. The molecular formula is C16H22N2O3. The maximum absolute atomic E-state index is 10.1. The molecule has 1 unspecified atom stereocenters. The number of aliphatic hydroxyl groups is 1. The van der Waals surface area contributed by atoms with Crippen LogP contribution in [0.5, 0.6) is 5.75 Å². The van der Waals surface area contributed by atoms with Gasteiger partial charge >= 0.3 is 0 Å². The molecule has 1 atom stereocenters. The van der Waals surface area contributed by atoms with E-state index in [1.54, 1.807) is 7.11 Å². The third-order valence-electron chi connectivity index (χ3n) is 3.42. The van der Waals surface area contributed by atoms with Crippen molar-refractivity contribution in [3.05, 3.63) is 41.5 Å². The fourth-order valence-electron chi connectivity index (χ4n) is 1.94. The molecule has 0 saturated heterocycles. The number of hydrogen-bond acceptors (Lipinski definition) is 5. The number of benzene rings is 1. The molecule has 0 aliphatic rings. The van der Waals surface area contributed by atoms with E-state index in [4.69, 9.17) is 9.26 Å². The lowest BCUT2D eigenvalue weighted by molar-refractivity contribution is 0.0565. The smallest absolute Gasteiger partial charge is 0.229 e. The lowest BCUT2D eigenvalue weighted by Crippen LogP contribution is -2.28. The molecule has 0 fully saturated rings. The summed E-state index contributed by atoms with van der Waals surface area (Å²) in [6.45, 7) is 5.93. The summed E-state index contributed by atoms with van der Waals surface area (Å²) < 4.78 is 10.5. The molecule has 0 spiro atoms. The third kappa shape index (κ3) is 4.04. The maximum atomic E-state index is 10.1. The van der Waals surface area contributed by atoms with Gasteiger partial charge in [-0.05, 0) is 11.5 Å². The molecule has 0 amide bonds. The zero-order valence-corrected chi connectivity index (χ0v) is 13.0. The predicted molar refractivity (Wildman–Crippen MR) is 79.3 cm³/mol. The van der Waals surface area contributed by atoms with Crippen molar-refractivity contribution in [2.75, 3.05) is 7.11 Å². The van der Waals surface area contributed by atoms with Gasteiger partial charge in [0.15, 0.2) is 5.82 Å². The van der Waals surface area contributed by atoms with Gasteiger partial charge in [0.25, 0.3) is 0 Å². The molecule has 1 heterocycles. The molecule has 0 aliphatic heterocycles. The molecule has 21 heavy (non-hydrogen) atoms. The summed E-state index contributed by atoms with van der Waals surface area (Å²) in [5.41, 5.74) is 0.792. The molecule has 0 bridgehead atoms. The Balaban J connectivity index is 2.07. The van der Waals surface area contributed by atoms with Crippen molar-refractivity contribution >= 4 is 0 Å². The van der Waals surface area contributed by atoms with Gasteiger partial charge in [0.05, 0.1) is 19.6 Å². The van der Waals surface area contributed by atoms with Crippen molar-refractivity contribution in [1.82, 2.24) is 10.1 Å². The largest absolute Gasteiger partial charge is 0.496 e. The Bertz CT molecular complexity index is 587. The Hall–Kier alpha value is -1.88. The first kappa shape index (κ1) is 15.5. The van der Waals surface area contributed by atoms with Gasteiger partial charge in [0.1, 0.15) is 5.75 Å². The number of aliphatic hydroxyl groups excluding tert-OH is 1. The van der Waals surface area contributed by atoms with Crippen LogP contribution in [-0.4, -0.2) is 28.5 Å². The van der Waals surface area contributed by atoms with Crippen molar-refractivity contribution in [2.24, 2.45) is 5.41 Å². The molecule has 1 N–H and O–H groups in total. The SMILES string of the molecule is COc1ccccc1Cc1noc(CC(O)C(C)(C)C)n1. The highest BCUT2D eigenvalue weighted by Crippen LogP contribution is 2.23. The standard InChI is InChI=1S/C16H22N2O3/c1-16(2,3)13(19)10-15-17-14(18-21-15)9-11-7-5-6-8-12(11)20-4/h5-8,13,19H,9-10H2,1-4H3. The Morgan fingerprint density at radius 3 is 2.67 bits per heavy atom. The second kappa shape index (κ2) is 6.26. The summed E-state index contributed by atoms with van der Waals surface area (Å²) in [5, 5.41) is 14.0. The maximum Gasteiger partial charge on any atom is 0.229 e. The van der Waals surface area contributed by atoms with Crippen LogP contribution >= 0.6 is 0 Å². The minimum atomic E-state index is -0.517. The molecule has 114 valence electrons. The fraction of sp³-hybridized carbons (Fsp3) is 0.500. The summed E-state index contributed by atoms with van der Waals surface area (Å²) in [4.78, 5) is 4.34. The molecular weight excluding hydrogens is 268 g/mol. The van der Waals surface area contributed by atoms with E-state index in [-0.39, 0.29) is 5.41 Å². The van der Waals surface area contributed by atoms with Gasteiger partial charge in [-0.25, -0.2) is 0 Å². The topological polar surface area (TPSA) is 68.4 Å². The molecule has 1 aromatic heterocycles. The number of nitrogens with zero attached hydrogens (tertiary/aromatic N) is 2. The van der Waals surface area contributed by atoms with E-state index in [1.807, 2.05) is 45.0 Å². The van der Waals surface area contributed by atoms with Crippen molar-refractivity contribution in [3.8, 4) is 5.75 Å². The van der Waals surface area contributed by atoms with E-state index in [0.29, 0.717) is 24.6 Å². The highest BCUT2D eigenvalue weighted by atomic mass is 16.5. The number of aromatic nitrogens is 2. The van der Waals surface area contributed by atoms with Gasteiger partial charge in [0.2, 0.25) is 5.89 Å². The predicted octanol–water partition coefficient (Wildman–Crippen LogP) is 2.62. The first-order valence-electron chi connectivity index (χ1n) is 7.01. The van der Waals surface area contributed by atoms with E-state index in [9.17, 15) is 5.11 Å². The minimum absolute atomic E-state index is 0.211. The minimum Gasteiger partial charge on any atom is -0.496 e. The molecule has 0 aliphatic carbocycles. The summed E-state index contributed by atoms with van der Waals surface area (Å²) in [6.07, 6.45) is 0.388. The van der Waals surface area contributed by atoms with Crippen LogP contribution in [0.1, 0.15) is 38.0 Å². The Morgan fingerprint density at radius 2 is 2.00 bits per heavy atom. The molecule has 5 heteroatoms. The number of rotatable bonds is 5. The van der Waals surface area contributed by atoms with Crippen molar-refractivity contribution in [3.63, 3.8) is 0 Å². The third-order valence-corrected chi connectivity index (χ3v) is 3.42. The first-order valence-corrected chi connectivity index (χ1v) is 7.01. The van der Waals surface area contributed by atoms with Crippen LogP contribution in [0.4, 0.5) is 0 Å². The van der Waals surface area contributed by atoms with Gasteiger partial charge in [0, 0.05) is 12.0 Å². The summed E-state index contributed by atoms with van der Waals surface area (Å²) >= 11 is 0. The highest BCUT2D eigenvalue weighted by molar-refractivity contribution is 5.35. The molecule has 1 aromatic carbocycles. The van der Waals surface area contributed by atoms with Crippen LogP contribution in [0, 0.1) is 5.41 Å². The molecule has 0 radical (unpaired) electrons. The summed E-state index contributed by atoms with van der Waals surface area (Å²) in [5.74, 6) is 1.86. The van der Waals surface area contributed by atoms with Crippen molar-refractivity contribution in [1.29, 1.82) is 0 Å². The van der Waals surface area contributed by atoms with E-state index >= 15 is 0 Å². The van der Waals surface area contributed by atoms with Crippen LogP contribution < -0.4 is 4.74 Å². The van der Waals surface area contributed by atoms with E-state index in [1.165, 1.54) is 0 Å². The van der Waals surface area contributed by atoms with Crippen LogP contribution in [0.3, 0.4) is 0 Å². The Kier molecular flexibility index (Phi) is 4.63.